The number of nitriles is 1. The lowest BCUT2D eigenvalue weighted by Crippen LogP contribution is -2.43. The summed E-state index contributed by atoms with van der Waals surface area (Å²) in [5, 5.41) is 8.99. The van der Waals surface area contributed by atoms with Gasteiger partial charge in [-0.3, -0.25) is 9.36 Å². The van der Waals surface area contributed by atoms with Crippen LogP contribution < -0.4 is 5.73 Å². The zero-order valence-corrected chi connectivity index (χ0v) is 17.5. The SMILES string of the molecule is N#Cc1ccc(C(=O)N(Cc2ccc(CP(=O)(O)O)cc2)C2CCC(N)CC2)cc1. The second-order valence-electron chi connectivity index (χ2n) is 7.83. The highest BCUT2D eigenvalue weighted by Crippen LogP contribution is 2.39. The summed E-state index contributed by atoms with van der Waals surface area (Å²) >= 11 is 0. The van der Waals surface area contributed by atoms with Crippen LogP contribution in [0.3, 0.4) is 0 Å². The molecular formula is C22H26N3O4P. The van der Waals surface area contributed by atoms with E-state index in [1.54, 1.807) is 48.5 Å². The van der Waals surface area contributed by atoms with E-state index in [2.05, 4.69) is 6.07 Å². The third-order valence-corrected chi connectivity index (χ3v) is 6.25. The molecule has 30 heavy (non-hydrogen) atoms. The Balaban J connectivity index is 1.81. The summed E-state index contributed by atoms with van der Waals surface area (Å²) in [5.41, 5.74) is 8.52. The predicted octanol–water partition coefficient (Wildman–Crippen LogP) is 3.15. The van der Waals surface area contributed by atoms with Crippen LogP contribution >= 0.6 is 7.60 Å². The van der Waals surface area contributed by atoms with E-state index >= 15 is 0 Å². The Morgan fingerprint density at radius 3 is 2.13 bits per heavy atom. The van der Waals surface area contributed by atoms with Crippen molar-refractivity contribution in [3.8, 4) is 6.07 Å². The zero-order valence-electron chi connectivity index (χ0n) is 16.6. The molecule has 0 unspecified atom stereocenters. The van der Waals surface area contributed by atoms with E-state index in [1.165, 1.54) is 0 Å². The maximum absolute atomic E-state index is 13.3. The van der Waals surface area contributed by atoms with E-state index < -0.39 is 7.60 Å². The van der Waals surface area contributed by atoms with Crippen LogP contribution in [0.15, 0.2) is 48.5 Å². The molecule has 158 valence electrons. The normalized spacial score (nSPS) is 19.1. The first-order chi connectivity index (χ1) is 14.2. The summed E-state index contributed by atoms with van der Waals surface area (Å²) < 4.78 is 11.2. The number of nitrogens with two attached hydrogens (primary N) is 1. The maximum atomic E-state index is 13.3. The average molecular weight is 427 g/mol. The monoisotopic (exact) mass is 427 g/mol. The highest BCUT2D eigenvalue weighted by molar-refractivity contribution is 7.50. The smallest absolute Gasteiger partial charge is 0.329 e. The number of nitrogens with zero attached hydrogens (tertiary/aromatic N) is 2. The fraction of sp³-hybridized carbons (Fsp3) is 0.364. The fourth-order valence-electron chi connectivity index (χ4n) is 3.82. The Kier molecular flexibility index (Phi) is 7.06. The minimum Gasteiger partial charge on any atom is -0.331 e. The van der Waals surface area contributed by atoms with E-state index in [-0.39, 0.29) is 24.2 Å². The molecule has 1 saturated carbocycles. The van der Waals surface area contributed by atoms with Crippen molar-refractivity contribution in [2.45, 2.75) is 50.5 Å². The molecule has 3 rings (SSSR count). The maximum Gasteiger partial charge on any atom is 0.329 e. The first-order valence-electron chi connectivity index (χ1n) is 9.94. The van der Waals surface area contributed by atoms with Crippen LogP contribution in [-0.2, 0) is 17.3 Å². The quantitative estimate of drug-likeness (QED) is 0.608. The van der Waals surface area contributed by atoms with Crippen molar-refractivity contribution in [1.82, 2.24) is 4.90 Å². The number of hydrogen-bond donors (Lipinski definition) is 3. The molecule has 2 aromatic rings. The Hall–Kier alpha value is -2.49. The van der Waals surface area contributed by atoms with Crippen LogP contribution in [0, 0.1) is 11.3 Å². The molecule has 0 radical (unpaired) electrons. The number of hydrogen-bond acceptors (Lipinski definition) is 4. The first-order valence-corrected chi connectivity index (χ1v) is 11.7. The van der Waals surface area contributed by atoms with Gasteiger partial charge in [0.25, 0.3) is 5.91 Å². The highest BCUT2D eigenvalue weighted by Gasteiger charge is 2.28. The molecule has 1 aliphatic rings. The van der Waals surface area contributed by atoms with Crippen molar-refractivity contribution in [1.29, 1.82) is 5.26 Å². The summed E-state index contributed by atoms with van der Waals surface area (Å²) in [6, 6.07) is 15.9. The molecule has 8 heteroatoms. The topological polar surface area (TPSA) is 128 Å². The van der Waals surface area contributed by atoms with E-state index in [0.717, 1.165) is 31.2 Å². The summed E-state index contributed by atoms with van der Waals surface area (Å²) in [6.45, 7) is 0.398. The number of benzene rings is 2. The largest absolute Gasteiger partial charge is 0.331 e. The number of carbonyl (C=O) groups is 1. The van der Waals surface area contributed by atoms with Crippen molar-refractivity contribution >= 4 is 13.5 Å². The van der Waals surface area contributed by atoms with Crippen molar-refractivity contribution < 1.29 is 19.1 Å². The van der Waals surface area contributed by atoms with Crippen LogP contribution in [0.1, 0.15) is 52.7 Å². The van der Waals surface area contributed by atoms with Crippen LogP contribution in [0.25, 0.3) is 0 Å². The second-order valence-corrected chi connectivity index (χ2v) is 9.48. The summed E-state index contributed by atoms with van der Waals surface area (Å²) in [7, 11) is -4.12. The van der Waals surface area contributed by atoms with Gasteiger partial charge in [-0.25, -0.2) is 0 Å². The van der Waals surface area contributed by atoms with Crippen molar-refractivity contribution in [3.05, 3.63) is 70.8 Å². The molecule has 0 aromatic heterocycles. The van der Waals surface area contributed by atoms with E-state index in [0.29, 0.717) is 23.2 Å². The van der Waals surface area contributed by atoms with E-state index in [4.69, 9.17) is 20.8 Å². The van der Waals surface area contributed by atoms with Crippen LogP contribution in [0.4, 0.5) is 0 Å². The molecular weight excluding hydrogens is 401 g/mol. The molecule has 0 atom stereocenters. The summed E-state index contributed by atoms with van der Waals surface area (Å²) in [6.07, 6.45) is 3.09. The molecule has 1 aliphatic carbocycles. The Morgan fingerprint density at radius 2 is 1.60 bits per heavy atom. The lowest BCUT2D eigenvalue weighted by Gasteiger charge is -2.36. The molecule has 0 aliphatic heterocycles. The van der Waals surface area contributed by atoms with Gasteiger partial charge >= 0.3 is 7.60 Å². The van der Waals surface area contributed by atoms with Gasteiger partial charge in [0.2, 0.25) is 0 Å². The van der Waals surface area contributed by atoms with E-state index in [1.807, 2.05) is 4.90 Å². The van der Waals surface area contributed by atoms with Crippen molar-refractivity contribution in [3.63, 3.8) is 0 Å². The minimum absolute atomic E-state index is 0.0720. The molecule has 4 N–H and O–H groups in total. The molecule has 1 amide bonds. The van der Waals surface area contributed by atoms with Gasteiger partial charge in [-0.1, -0.05) is 24.3 Å². The molecule has 2 aromatic carbocycles. The van der Waals surface area contributed by atoms with E-state index in [9.17, 15) is 9.36 Å². The van der Waals surface area contributed by atoms with Crippen LogP contribution in [0.2, 0.25) is 0 Å². The van der Waals surface area contributed by atoms with Crippen LogP contribution in [0.5, 0.6) is 0 Å². The predicted molar refractivity (Wildman–Crippen MR) is 113 cm³/mol. The van der Waals surface area contributed by atoms with Gasteiger partial charge in [0.1, 0.15) is 0 Å². The average Bonchev–Trinajstić information content (AvgIpc) is 2.72. The molecule has 1 fully saturated rings. The third kappa shape index (κ3) is 6.01. The molecule has 0 spiro atoms. The Morgan fingerprint density at radius 1 is 1.03 bits per heavy atom. The number of carbonyl (C=O) groups excluding carboxylic acids is 1. The summed E-state index contributed by atoms with van der Waals surface area (Å²) in [5.74, 6) is -0.0979. The molecule has 0 saturated heterocycles. The Labute approximate surface area is 176 Å². The molecule has 0 bridgehead atoms. The standard InChI is InChI=1S/C22H26N3O4P/c23-13-16-5-7-19(8-6-16)22(26)25(21-11-9-20(24)10-12-21)14-17-1-3-18(4-2-17)15-30(27,28)29/h1-8,20-21H,9-12,14-15,24H2,(H2,27,28,29). The minimum atomic E-state index is -4.12. The Bertz CT molecular complexity index is 955. The van der Waals surface area contributed by atoms with Gasteiger partial charge in [-0.2, -0.15) is 5.26 Å². The third-order valence-electron chi connectivity index (χ3n) is 5.47. The van der Waals surface area contributed by atoms with Gasteiger partial charge in [-0.05, 0) is 61.1 Å². The first kappa shape index (κ1) is 22.2. The van der Waals surface area contributed by atoms with Crippen molar-refractivity contribution in [2.24, 2.45) is 5.73 Å². The molecule has 7 nitrogen and oxygen atoms in total. The zero-order chi connectivity index (χ0) is 21.7. The van der Waals surface area contributed by atoms with Gasteiger partial charge in [0.05, 0.1) is 17.8 Å². The van der Waals surface area contributed by atoms with Gasteiger partial charge in [0.15, 0.2) is 0 Å². The second kappa shape index (κ2) is 9.55. The van der Waals surface area contributed by atoms with Gasteiger partial charge in [0, 0.05) is 24.2 Å². The fourth-order valence-corrected chi connectivity index (χ4v) is 4.50. The lowest BCUT2D eigenvalue weighted by atomic mass is 9.90. The highest BCUT2D eigenvalue weighted by atomic mass is 31.2. The number of rotatable bonds is 6. The lowest BCUT2D eigenvalue weighted by molar-refractivity contribution is 0.0606. The van der Waals surface area contributed by atoms with Crippen molar-refractivity contribution in [2.75, 3.05) is 0 Å². The molecule has 0 heterocycles. The van der Waals surface area contributed by atoms with Gasteiger partial charge in [-0.15, -0.1) is 0 Å². The van der Waals surface area contributed by atoms with Gasteiger partial charge < -0.3 is 20.4 Å². The summed E-state index contributed by atoms with van der Waals surface area (Å²) in [4.78, 5) is 33.4. The van der Waals surface area contributed by atoms with Crippen LogP contribution in [-0.4, -0.2) is 32.7 Å². The number of amides is 1.